The van der Waals surface area contributed by atoms with Gasteiger partial charge in [0.25, 0.3) is 11.8 Å². The molecule has 2 amide bonds. The van der Waals surface area contributed by atoms with Crippen molar-refractivity contribution in [1.29, 1.82) is 0 Å². The summed E-state index contributed by atoms with van der Waals surface area (Å²) in [5.41, 5.74) is 0. The Bertz CT molecular complexity index is 342. The van der Waals surface area contributed by atoms with Gasteiger partial charge in [0.2, 0.25) is 0 Å². The first-order valence-electron chi connectivity index (χ1n) is 4.40. The molecule has 84 valence electrons. The first-order chi connectivity index (χ1) is 6.79. The Labute approximate surface area is 86.9 Å². The molecule has 0 atom stereocenters. The Morgan fingerprint density at radius 3 is 2.20 bits per heavy atom. The van der Waals surface area contributed by atoms with Crippen molar-refractivity contribution in [2.45, 2.75) is 12.8 Å². The Hall–Kier alpha value is -1.16. The van der Waals surface area contributed by atoms with Gasteiger partial charge in [-0.3, -0.25) is 9.59 Å². The quantitative estimate of drug-likeness (QED) is 0.514. The highest BCUT2D eigenvalue weighted by Gasteiger charge is 2.33. The van der Waals surface area contributed by atoms with Crippen LogP contribution < -0.4 is 0 Å². The summed E-state index contributed by atoms with van der Waals surface area (Å²) < 4.78 is 11.3. The molecule has 0 bridgehead atoms. The molecule has 0 spiro atoms. The van der Waals surface area contributed by atoms with Crippen LogP contribution in [0.5, 0.6) is 0 Å². The van der Waals surface area contributed by atoms with E-state index in [9.17, 15) is 18.9 Å². The van der Waals surface area contributed by atoms with Gasteiger partial charge in [0.1, 0.15) is 6.16 Å². The van der Waals surface area contributed by atoms with E-state index in [0.717, 1.165) is 0 Å². The molecular formula is C8H12NO5P. The highest BCUT2D eigenvalue weighted by Crippen LogP contribution is 2.35. The Kier molecular flexibility index (Phi) is 3.29. The molecule has 0 saturated carbocycles. The van der Waals surface area contributed by atoms with Gasteiger partial charge in [-0.2, -0.15) is 0 Å². The number of hydrogen-bond acceptors (Lipinski definition) is 5. The smallest absolute Gasteiger partial charge is 0.330 e. The molecule has 0 unspecified atom stereocenters. The van der Waals surface area contributed by atoms with E-state index >= 15 is 0 Å². The molecule has 0 radical (unpaired) electrons. The maximum Gasteiger partial charge on any atom is 0.340 e. The van der Waals surface area contributed by atoms with Crippen molar-refractivity contribution < 1.29 is 23.8 Å². The lowest BCUT2D eigenvalue weighted by Gasteiger charge is -2.13. The fourth-order valence-corrected chi connectivity index (χ4v) is 1.78. The summed E-state index contributed by atoms with van der Waals surface area (Å²) >= 11 is 0. The Morgan fingerprint density at radius 2 is 1.80 bits per heavy atom. The van der Waals surface area contributed by atoms with Crippen LogP contribution >= 0.6 is 7.14 Å². The molecule has 6 nitrogen and oxygen atoms in total. The predicted molar refractivity (Wildman–Crippen MR) is 51.5 cm³/mol. The van der Waals surface area contributed by atoms with Gasteiger partial charge in [0, 0.05) is 12.8 Å². The predicted octanol–water partition coefficient (Wildman–Crippen LogP) is 0.216. The lowest BCUT2D eigenvalue weighted by molar-refractivity contribution is -0.195. The van der Waals surface area contributed by atoms with Crippen LogP contribution in [-0.2, 0) is 23.8 Å². The minimum Gasteiger partial charge on any atom is -0.330 e. The average Bonchev–Trinajstić information content (AvgIpc) is 2.32. The number of nitrogens with zero attached hydrogens (tertiary/aromatic N) is 1. The van der Waals surface area contributed by atoms with Crippen molar-refractivity contribution >= 4 is 24.9 Å². The summed E-state index contributed by atoms with van der Waals surface area (Å²) in [5, 5.41) is 0.456. The van der Waals surface area contributed by atoms with Crippen molar-refractivity contribution in [2.75, 3.05) is 19.5 Å². The van der Waals surface area contributed by atoms with E-state index in [0.29, 0.717) is 5.06 Å². The van der Waals surface area contributed by atoms with Crippen molar-refractivity contribution in [1.82, 2.24) is 5.06 Å². The lowest BCUT2D eigenvalue weighted by atomic mass is 10.4. The summed E-state index contributed by atoms with van der Waals surface area (Å²) in [7, 11) is -2.54. The molecule has 1 fully saturated rings. The first kappa shape index (κ1) is 11.9. The van der Waals surface area contributed by atoms with Crippen LogP contribution in [0.1, 0.15) is 12.8 Å². The van der Waals surface area contributed by atoms with Crippen LogP contribution in [0.15, 0.2) is 0 Å². The van der Waals surface area contributed by atoms with Crippen molar-refractivity contribution in [3.05, 3.63) is 0 Å². The van der Waals surface area contributed by atoms with Crippen LogP contribution in [0.4, 0.5) is 0 Å². The maximum atomic E-state index is 11.3. The third-order valence-electron chi connectivity index (χ3n) is 1.71. The normalized spacial score (nSPS) is 17.1. The zero-order chi connectivity index (χ0) is 11.6. The second-order valence-electron chi connectivity index (χ2n) is 3.78. The first-order valence-corrected chi connectivity index (χ1v) is 7.19. The summed E-state index contributed by atoms with van der Waals surface area (Å²) in [6.07, 6.45) is -0.159. The molecule has 1 aliphatic heterocycles. The minimum atomic E-state index is -2.54. The molecule has 0 aromatic carbocycles. The molecule has 0 N–H and O–H groups in total. The zero-order valence-corrected chi connectivity index (χ0v) is 9.45. The van der Waals surface area contributed by atoms with Gasteiger partial charge in [-0.25, -0.2) is 4.79 Å². The second-order valence-corrected chi connectivity index (χ2v) is 7.24. The van der Waals surface area contributed by atoms with E-state index in [1.54, 1.807) is 0 Å². The maximum absolute atomic E-state index is 11.3. The van der Waals surface area contributed by atoms with Gasteiger partial charge < -0.3 is 9.40 Å². The van der Waals surface area contributed by atoms with E-state index in [4.69, 9.17) is 0 Å². The number of carbonyl (C=O) groups is 3. The SMILES string of the molecule is CP(C)(=O)CC(=O)ON1C(=O)CCC1=O. The Balaban J connectivity index is 2.55. The largest absolute Gasteiger partial charge is 0.340 e. The molecular weight excluding hydrogens is 221 g/mol. The average molecular weight is 233 g/mol. The molecule has 1 heterocycles. The topological polar surface area (TPSA) is 80.8 Å². The van der Waals surface area contributed by atoms with E-state index in [-0.39, 0.29) is 19.0 Å². The van der Waals surface area contributed by atoms with Crippen molar-refractivity contribution in [3.8, 4) is 0 Å². The minimum absolute atomic E-state index is 0.0576. The molecule has 1 rings (SSSR count). The van der Waals surface area contributed by atoms with Gasteiger partial charge in [-0.1, -0.05) is 0 Å². The van der Waals surface area contributed by atoms with E-state index in [1.165, 1.54) is 13.3 Å². The number of carbonyl (C=O) groups excluding carboxylic acids is 3. The number of imide groups is 1. The molecule has 15 heavy (non-hydrogen) atoms. The van der Waals surface area contributed by atoms with Crippen LogP contribution in [0.3, 0.4) is 0 Å². The van der Waals surface area contributed by atoms with Crippen LogP contribution in [0.25, 0.3) is 0 Å². The molecule has 0 aromatic rings. The highest BCUT2D eigenvalue weighted by atomic mass is 31.2. The van der Waals surface area contributed by atoms with Gasteiger partial charge in [-0.05, 0) is 13.3 Å². The van der Waals surface area contributed by atoms with Gasteiger partial charge in [0.15, 0.2) is 0 Å². The third kappa shape index (κ3) is 3.47. The van der Waals surface area contributed by atoms with E-state index in [2.05, 4.69) is 4.84 Å². The standard InChI is InChI=1S/C8H12NO5P/c1-15(2,13)5-8(12)14-9-6(10)3-4-7(9)11/h3-5H2,1-2H3. The fraction of sp³-hybridized carbons (Fsp3) is 0.625. The fourth-order valence-electron chi connectivity index (χ4n) is 1.10. The third-order valence-corrected chi connectivity index (χ3v) is 2.73. The summed E-state index contributed by atoms with van der Waals surface area (Å²) in [5.74, 6) is -1.88. The van der Waals surface area contributed by atoms with E-state index in [1.807, 2.05) is 0 Å². The van der Waals surface area contributed by atoms with Crippen molar-refractivity contribution in [2.24, 2.45) is 0 Å². The number of hydrogen-bond donors (Lipinski definition) is 0. The van der Waals surface area contributed by atoms with Crippen LogP contribution in [0, 0.1) is 0 Å². The van der Waals surface area contributed by atoms with Gasteiger partial charge >= 0.3 is 5.97 Å². The molecule has 1 aliphatic rings. The molecule has 7 heteroatoms. The van der Waals surface area contributed by atoms with Crippen LogP contribution in [0.2, 0.25) is 0 Å². The van der Waals surface area contributed by atoms with Crippen molar-refractivity contribution in [3.63, 3.8) is 0 Å². The van der Waals surface area contributed by atoms with Gasteiger partial charge in [-0.15, -0.1) is 5.06 Å². The van der Waals surface area contributed by atoms with Gasteiger partial charge in [0.05, 0.1) is 7.14 Å². The lowest BCUT2D eigenvalue weighted by Crippen LogP contribution is -2.33. The number of amides is 2. The molecule has 0 aromatic heterocycles. The summed E-state index contributed by atoms with van der Waals surface area (Å²) in [6, 6.07) is 0. The number of rotatable bonds is 3. The number of hydroxylamine groups is 2. The molecule has 1 saturated heterocycles. The second kappa shape index (κ2) is 4.14. The monoisotopic (exact) mass is 233 g/mol. The zero-order valence-electron chi connectivity index (χ0n) is 8.56. The molecule has 0 aliphatic carbocycles. The highest BCUT2D eigenvalue weighted by molar-refractivity contribution is 7.63. The Morgan fingerprint density at radius 1 is 1.33 bits per heavy atom. The van der Waals surface area contributed by atoms with Crippen LogP contribution in [-0.4, -0.2) is 42.3 Å². The summed E-state index contributed by atoms with van der Waals surface area (Å²) in [4.78, 5) is 37.8. The van der Waals surface area contributed by atoms with E-state index < -0.39 is 24.9 Å². The summed E-state index contributed by atoms with van der Waals surface area (Å²) in [6.45, 7) is 2.86.